The number of ether oxygens (including phenoxy) is 1. The van der Waals surface area contributed by atoms with Crippen LogP contribution in [-0.2, 0) is 16.1 Å². The summed E-state index contributed by atoms with van der Waals surface area (Å²) in [4.78, 5) is 21.0. The van der Waals surface area contributed by atoms with Crippen molar-refractivity contribution in [1.29, 1.82) is 0 Å². The fourth-order valence-electron chi connectivity index (χ4n) is 0.867. The average molecular weight is 194 g/mol. The highest BCUT2D eigenvalue weighted by atomic mass is 16.5. The highest BCUT2D eigenvalue weighted by Crippen LogP contribution is 1.99. The van der Waals surface area contributed by atoms with E-state index in [1.54, 1.807) is 0 Å². The van der Waals surface area contributed by atoms with Crippen LogP contribution in [0.2, 0.25) is 0 Å². The van der Waals surface area contributed by atoms with Gasteiger partial charge in [0.15, 0.2) is 0 Å². The Morgan fingerprint density at radius 1 is 1.50 bits per heavy atom. The molecule has 14 heavy (non-hydrogen) atoms. The van der Waals surface area contributed by atoms with E-state index in [1.165, 1.54) is 0 Å². The monoisotopic (exact) mass is 194 g/mol. The van der Waals surface area contributed by atoms with E-state index in [0.717, 1.165) is 5.56 Å². The van der Waals surface area contributed by atoms with Gasteiger partial charge in [-0.25, -0.2) is 4.79 Å². The van der Waals surface area contributed by atoms with Crippen LogP contribution in [0, 0.1) is 0 Å². The molecule has 1 atom stereocenters. The quantitative estimate of drug-likeness (QED) is 0.730. The van der Waals surface area contributed by atoms with Gasteiger partial charge in [-0.2, -0.15) is 0 Å². The molecule has 0 aliphatic carbocycles. The Bertz CT molecular complexity index is 329. The second kappa shape index (κ2) is 5.75. The fraction of sp³-hybridized carbons (Fsp3) is 0.200. The van der Waals surface area contributed by atoms with Gasteiger partial charge in [0.25, 0.3) is 0 Å². The molecule has 0 aromatic heterocycles. The van der Waals surface area contributed by atoms with Crippen LogP contribution in [0.4, 0.5) is 4.79 Å². The first-order chi connectivity index (χ1) is 7.22. The summed E-state index contributed by atoms with van der Waals surface area (Å²) in [5.74, 6) is 0. The Kier molecular flexibility index (Phi) is 3.59. The molecule has 1 aromatic rings. The van der Waals surface area contributed by atoms with Gasteiger partial charge in [-0.05, 0) is 5.56 Å². The Balaban J connectivity index is 2.31. The van der Waals surface area contributed by atoms with E-state index in [1.807, 2.05) is 35.6 Å². The summed E-state index contributed by atoms with van der Waals surface area (Å²) in [5.41, 5.74) is 0.847. The molecule has 0 spiro atoms. The Labute approximate surface area is 83.3 Å². The zero-order valence-corrected chi connectivity index (χ0v) is 7.47. The van der Waals surface area contributed by atoms with E-state index in [2.05, 4.69) is 0 Å². The van der Waals surface area contributed by atoms with Crippen molar-refractivity contribution in [1.82, 2.24) is 5.32 Å². The summed E-state index contributed by atoms with van der Waals surface area (Å²) in [7, 11) is 0. The summed E-state index contributed by atoms with van der Waals surface area (Å²) in [6, 6.07) is 9.14. The molecule has 1 N–H and O–H groups in total. The molecule has 0 saturated heterocycles. The zero-order chi connectivity index (χ0) is 11.1. The third kappa shape index (κ3) is 3.71. The lowest BCUT2D eigenvalue weighted by molar-refractivity contribution is -0.107. The molecule has 0 unspecified atom stereocenters. The zero-order valence-electron chi connectivity index (χ0n) is 8.47. The number of carbonyl (C=O) groups excluding carboxylic acids is 2. The van der Waals surface area contributed by atoms with E-state index >= 15 is 0 Å². The summed E-state index contributed by atoms with van der Waals surface area (Å²) in [5, 5.41) is 2.04. The molecular formula is C10H11NO3. The predicted octanol–water partition coefficient (Wildman–Crippen LogP) is 1.11. The molecule has 0 aliphatic heterocycles. The molecule has 0 fully saturated rings. The molecule has 1 amide bonds. The third-order valence-electron chi connectivity index (χ3n) is 1.48. The minimum Gasteiger partial charge on any atom is -0.445 e. The van der Waals surface area contributed by atoms with Gasteiger partial charge in [0.05, 0.1) is 7.89 Å². The number of hydrogen-bond donors (Lipinski definition) is 1. The second-order valence-electron chi connectivity index (χ2n) is 2.51. The summed E-state index contributed by atoms with van der Waals surface area (Å²) >= 11 is 0. The third-order valence-corrected chi connectivity index (χ3v) is 1.48. The van der Waals surface area contributed by atoms with Crippen molar-refractivity contribution in [3.05, 3.63) is 35.9 Å². The maximum absolute atomic E-state index is 11.0. The van der Waals surface area contributed by atoms with Crippen molar-refractivity contribution in [2.75, 3.05) is 6.52 Å². The van der Waals surface area contributed by atoms with Crippen LogP contribution in [0.25, 0.3) is 0 Å². The lowest BCUT2D eigenvalue weighted by atomic mass is 10.2. The smallest absolute Gasteiger partial charge is 0.407 e. The maximum atomic E-state index is 11.0. The molecule has 0 saturated carbocycles. The first kappa shape index (κ1) is 8.74. The van der Waals surface area contributed by atoms with Crippen LogP contribution in [0.3, 0.4) is 0 Å². The van der Waals surface area contributed by atoms with Crippen molar-refractivity contribution in [2.24, 2.45) is 0 Å². The lowest BCUT2D eigenvalue weighted by Gasteiger charge is -2.04. The lowest BCUT2D eigenvalue weighted by Crippen LogP contribution is -2.25. The van der Waals surface area contributed by atoms with Gasteiger partial charge >= 0.3 is 6.09 Å². The van der Waals surface area contributed by atoms with Gasteiger partial charge < -0.3 is 14.8 Å². The van der Waals surface area contributed by atoms with E-state index < -0.39 is 12.6 Å². The topological polar surface area (TPSA) is 55.4 Å². The van der Waals surface area contributed by atoms with Crippen LogP contribution in [0.5, 0.6) is 0 Å². The molecule has 1 rings (SSSR count). The normalized spacial score (nSPS) is 12.4. The largest absolute Gasteiger partial charge is 0.445 e. The first-order valence-electron chi connectivity index (χ1n) is 4.65. The molecule has 0 radical (unpaired) electrons. The number of alkyl carbamates (subject to hydrolysis) is 1. The highest BCUT2D eigenvalue weighted by molar-refractivity contribution is 5.70. The number of carbonyl (C=O) groups is 2. The van der Waals surface area contributed by atoms with Crippen LogP contribution in [0.15, 0.2) is 30.3 Å². The molecule has 4 heteroatoms. The predicted molar refractivity (Wildman–Crippen MR) is 50.7 cm³/mol. The van der Waals surface area contributed by atoms with Gasteiger partial charge in [-0.3, -0.25) is 0 Å². The molecular weight excluding hydrogens is 182 g/mol. The number of aldehydes is 1. The maximum Gasteiger partial charge on any atom is 0.407 e. The van der Waals surface area contributed by atoms with Crippen molar-refractivity contribution < 1.29 is 15.7 Å². The van der Waals surface area contributed by atoms with E-state index in [0.29, 0.717) is 6.29 Å². The number of hydrogen-bond acceptors (Lipinski definition) is 3. The van der Waals surface area contributed by atoms with Gasteiger partial charge in [0, 0.05) is 0 Å². The summed E-state index contributed by atoms with van der Waals surface area (Å²) < 4.78 is 11.7. The number of benzene rings is 1. The van der Waals surface area contributed by atoms with Crippen molar-refractivity contribution in [3.63, 3.8) is 0 Å². The highest BCUT2D eigenvalue weighted by Gasteiger charge is 1.99. The van der Waals surface area contributed by atoms with Crippen molar-refractivity contribution in [2.45, 2.75) is 6.61 Å². The average Bonchev–Trinajstić information content (AvgIpc) is 2.27. The molecule has 0 aliphatic rings. The van der Waals surface area contributed by atoms with E-state index in [9.17, 15) is 9.59 Å². The minimum atomic E-state index is -1.27. The molecule has 74 valence electrons. The summed E-state index contributed by atoms with van der Waals surface area (Å²) in [6.45, 7) is -1.15. The van der Waals surface area contributed by atoms with Crippen LogP contribution in [0.1, 0.15) is 6.93 Å². The van der Waals surface area contributed by atoms with Gasteiger partial charge in [0.1, 0.15) is 12.9 Å². The van der Waals surface area contributed by atoms with Crippen LogP contribution < -0.4 is 5.32 Å². The van der Waals surface area contributed by atoms with Gasteiger partial charge in [-0.15, -0.1) is 0 Å². The minimum absolute atomic E-state index is 0.123. The summed E-state index contributed by atoms with van der Waals surface area (Å²) in [6.07, 6.45) is -0.463. The van der Waals surface area contributed by atoms with Gasteiger partial charge in [0.2, 0.25) is 0 Å². The second-order valence-corrected chi connectivity index (χ2v) is 2.51. The Morgan fingerprint density at radius 3 is 2.86 bits per heavy atom. The Hall–Kier alpha value is -1.84. The molecule has 0 heterocycles. The SMILES string of the molecule is [2H][C@@H](C=O)NC(=O)OCc1ccccc1. The van der Waals surface area contributed by atoms with E-state index in [-0.39, 0.29) is 6.61 Å². The standard InChI is InChI=1S/C10H11NO3/c12-7-6-11-10(13)14-8-9-4-2-1-3-5-9/h1-5,7H,6,8H2,(H,11,13)/i6D/t6-/m0/s1. The van der Waals surface area contributed by atoms with Crippen molar-refractivity contribution >= 4 is 12.4 Å². The number of amides is 1. The van der Waals surface area contributed by atoms with Crippen LogP contribution >= 0.6 is 0 Å². The number of nitrogens with one attached hydrogen (secondary N) is 1. The Morgan fingerprint density at radius 2 is 2.21 bits per heavy atom. The first-order valence-corrected chi connectivity index (χ1v) is 4.07. The molecule has 0 bridgehead atoms. The fourth-order valence-corrected chi connectivity index (χ4v) is 0.867. The molecule has 4 nitrogen and oxygen atoms in total. The number of rotatable bonds is 4. The van der Waals surface area contributed by atoms with Crippen molar-refractivity contribution in [3.8, 4) is 0 Å². The van der Waals surface area contributed by atoms with Gasteiger partial charge in [-0.1, -0.05) is 30.3 Å². The van der Waals surface area contributed by atoms with E-state index in [4.69, 9.17) is 6.11 Å². The molecule has 1 aromatic carbocycles. The van der Waals surface area contributed by atoms with Crippen LogP contribution in [-0.4, -0.2) is 18.9 Å².